The Kier molecular flexibility index (Phi) is 10.9. The lowest BCUT2D eigenvalue weighted by Gasteiger charge is -2.24. The largest absolute Gasteiger partial charge is 0.492 e. The van der Waals surface area contributed by atoms with Crippen molar-refractivity contribution in [1.82, 2.24) is 4.58 Å². The number of allylic oxidation sites excluding steroid dienone is 3. The summed E-state index contributed by atoms with van der Waals surface area (Å²) in [6, 6.07) is 20.4. The van der Waals surface area contributed by atoms with Gasteiger partial charge in [-0.1, -0.05) is 133 Å². The summed E-state index contributed by atoms with van der Waals surface area (Å²) < 4.78 is 9.45. The van der Waals surface area contributed by atoms with Crippen LogP contribution in [0.2, 0.25) is 0 Å². The van der Waals surface area contributed by atoms with E-state index in [9.17, 15) is 0 Å². The Morgan fingerprint density at radius 2 is 1.57 bits per heavy atom. The van der Waals surface area contributed by atoms with Gasteiger partial charge in [-0.15, -0.1) is 0 Å². The predicted molar refractivity (Wildman–Crippen MR) is 199 cm³/mol. The molecule has 0 spiro atoms. The third-order valence-electron chi connectivity index (χ3n) is 9.91. The highest BCUT2D eigenvalue weighted by Crippen LogP contribution is 2.45. The molecule has 0 aliphatic carbocycles. The molecule has 46 heavy (non-hydrogen) atoms. The third-order valence-corrected chi connectivity index (χ3v) is 11.1. The molecule has 3 aromatic carbocycles. The van der Waals surface area contributed by atoms with Gasteiger partial charge in [-0.3, -0.25) is 0 Å². The van der Waals surface area contributed by atoms with Crippen LogP contribution in [0.5, 0.6) is 5.75 Å². The summed E-state index contributed by atoms with van der Waals surface area (Å²) in [6.45, 7) is 12.4. The van der Waals surface area contributed by atoms with Crippen LogP contribution in [0.25, 0.3) is 16.6 Å². The molecule has 0 saturated heterocycles. The minimum Gasteiger partial charge on any atom is -0.492 e. The molecule has 0 aromatic heterocycles. The maximum absolute atomic E-state index is 6.81. The van der Waals surface area contributed by atoms with Gasteiger partial charge in [0.05, 0.1) is 12.2 Å². The number of ether oxygens (including phenoxy) is 1. The minimum absolute atomic E-state index is 0.0987. The second-order valence-corrected chi connectivity index (χ2v) is 15.6. The second kappa shape index (κ2) is 15.2. The molecule has 3 heterocycles. The van der Waals surface area contributed by atoms with Crippen LogP contribution < -0.4 is 19.9 Å². The van der Waals surface area contributed by atoms with Crippen molar-refractivity contribution in [2.24, 2.45) is 0 Å². The molecule has 3 aromatic rings. The predicted octanol–water partition coefficient (Wildman–Crippen LogP) is 9.90. The van der Waals surface area contributed by atoms with Gasteiger partial charge >= 0.3 is 0 Å². The number of rotatable bonds is 12. The van der Waals surface area contributed by atoms with E-state index in [-0.39, 0.29) is 5.41 Å². The van der Waals surface area contributed by atoms with Crippen LogP contribution in [-0.4, -0.2) is 19.7 Å². The van der Waals surface area contributed by atoms with E-state index in [1.807, 2.05) is 11.8 Å². The number of fused-ring (bicyclic) bond motifs is 1. The number of thioether (sulfide) groups is 1. The summed E-state index contributed by atoms with van der Waals surface area (Å²) in [5, 5.41) is 2.75. The van der Waals surface area contributed by atoms with Gasteiger partial charge in [-0.2, -0.15) is 0 Å². The zero-order valence-corrected chi connectivity index (χ0v) is 29.6. The van der Waals surface area contributed by atoms with Gasteiger partial charge in [0.25, 0.3) is 0 Å². The SMILES string of the molecule is CCCCCCCCCCOc1c2c3c(c/c1=C\C=C1/C=C(c4ccccc4)Sc4ccc(C(C)(C)C)cc41)CCC[N+]=3CCC2. The molecule has 3 aliphatic heterocycles. The zero-order valence-electron chi connectivity index (χ0n) is 28.8. The Balaban J connectivity index is 1.37. The van der Waals surface area contributed by atoms with Crippen molar-refractivity contribution >= 4 is 28.3 Å². The van der Waals surface area contributed by atoms with Crippen LogP contribution in [0.15, 0.2) is 71.6 Å². The first-order valence-corrected chi connectivity index (χ1v) is 19.0. The number of unbranched alkanes of at least 4 members (excludes halogenated alkanes) is 7. The van der Waals surface area contributed by atoms with Crippen molar-refractivity contribution in [3.63, 3.8) is 0 Å². The first kappa shape index (κ1) is 32.9. The number of hydrogen-bond acceptors (Lipinski definition) is 2. The van der Waals surface area contributed by atoms with Gasteiger partial charge in [0.2, 0.25) is 5.36 Å². The van der Waals surface area contributed by atoms with Crippen molar-refractivity contribution in [1.29, 1.82) is 0 Å². The lowest BCUT2D eigenvalue weighted by atomic mass is 9.85. The highest BCUT2D eigenvalue weighted by atomic mass is 32.2. The Bertz CT molecular complexity index is 1700. The number of aryl methyl sites for hydroxylation is 1. The molecule has 0 fully saturated rings. The van der Waals surface area contributed by atoms with Crippen LogP contribution >= 0.6 is 11.8 Å². The van der Waals surface area contributed by atoms with E-state index in [0.717, 1.165) is 25.2 Å². The average molecular weight is 633 g/mol. The monoisotopic (exact) mass is 632 g/mol. The molecule has 242 valence electrons. The van der Waals surface area contributed by atoms with Gasteiger partial charge in [-0.05, 0) is 71.2 Å². The maximum atomic E-state index is 6.81. The fraction of sp³-hybridized carbons (Fsp3) is 0.465. The topological polar surface area (TPSA) is 12.2 Å². The van der Waals surface area contributed by atoms with Crippen LogP contribution in [0.3, 0.4) is 0 Å². The maximum Gasteiger partial charge on any atom is 0.210 e. The van der Waals surface area contributed by atoms with Crippen LogP contribution in [0, 0.1) is 0 Å². The molecule has 3 heteroatoms. The number of hydrogen-bond donors (Lipinski definition) is 0. The van der Waals surface area contributed by atoms with E-state index in [1.165, 1.54) is 131 Å². The lowest BCUT2D eigenvalue weighted by molar-refractivity contribution is 0.296. The van der Waals surface area contributed by atoms with Gasteiger partial charge in [0.15, 0.2) is 0 Å². The van der Waals surface area contributed by atoms with Crippen LogP contribution in [0.1, 0.15) is 120 Å². The van der Waals surface area contributed by atoms with Crippen LogP contribution in [-0.2, 0) is 18.3 Å². The van der Waals surface area contributed by atoms with Gasteiger partial charge in [-0.25, -0.2) is 4.58 Å². The van der Waals surface area contributed by atoms with Crippen molar-refractivity contribution in [3.8, 4) is 5.75 Å². The quantitative estimate of drug-likeness (QED) is 0.146. The minimum atomic E-state index is 0.0987. The fourth-order valence-electron chi connectivity index (χ4n) is 7.30. The van der Waals surface area contributed by atoms with Crippen molar-refractivity contribution < 1.29 is 4.74 Å². The summed E-state index contributed by atoms with van der Waals surface area (Å²) in [7, 11) is 0. The summed E-state index contributed by atoms with van der Waals surface area (Å²) >= 11 is 1.89. The first-order valence-electron chi connectivity index (χ1n) is 18.1. The smallest absolute Gasteiger partial charge is 0.210 e. The normalized spacial score (nSPS) is 17.1. The Morgan fingerprint density at radius 1 is 0.826 bits per heavy atom. The summed E-state index contributed by atoms with van der Waals surface area (Å²) in [5.74, 6) is 1.14. The van der Waals surface area contributed by atoms with Gasteiger partial charge in [0.1, 0.15) is 18.8 Å². The molecule has 0 atom stereocenters. The van der Waals surface area contributed by atoms with Gasteiger partial charge in [0, 0.05) is 33.4 Å². The van der Waals surface area contributed by atoms with E-state index in [2.05, 4.69) is 105 Å². The summed E-state index contributed by atoms with van der Waals surface area (Å²) in [4.78, 5) is 2.63. The summed E-state index contributed by atoms with van der Waals surface area (Å²) in [5.41, 5.74) is 8.34. The van der Waals surface area contributed by atoms with E-state index in [0.29, 0.717) is 0 Å². The van der Waals surface area contributed by atoms with E-state index < -0.39 is 0 Å². The molecule has 0 unspecified atom stereocenters. The third kappa shape index (κ3) is 7.73. The van der Waals surface area contributed by atoms with E-state index in [4.69, 9.17) is 4.74 Å². The molecule has 0 N–H and O–H groups in total. The van der Waals surface area contributed by atoms with E-state index >= 15 is 0 Å². The van der Waals surface area contributed by atoms with Gasteiger partial charge < -0.3 is 4.74 Å². The highest BCUT2D eigenvalue weighted by Gasteiger charge is 2.27. The molecule has 0 amide bonds. The van der Waals surface area contributed by atoms with Crippen molar-refractivity contribution in [3.05, 3.63) is 105 Å². The van der Waals surface area contributed by atoms with Crippen molar-refractivity contribution in [2.75, 3.05) is 19.7 Å². The molecule has 2 nitrogen and oxygen atoms in total. The summed E-state index contributed by atoms with van der Waals surface area (Å²) in [6.07, 6.45) is 22.4. The molecule has 0 radical (unpaired) electrons. The first-order chi connectivity index (χ1) is 22.4. The van der Waals surface area contributed by atoms with E-state index in [1.54, 1.807) is 0 Å². The molecular weight excluding hydrogens is 579 g/mol. The number of benzene rings is 3. The Morgan fingerprint density at radius 3 is 2.33 bits per heavy atom. The lowest BCUT2D eigenvalue weighted by Crippen LogP contribution is -2.44. The highest BCUT2D eigenvalue weighted by molar-refractivity contribution is 8.08. The molecule has 0 bridgehead atoms. The molecule has 0 saturated carbocycles. The second-order valence-electron chi connectivity index (χ2n) is 14.5. The Labute approximate surface area is 282 Å². The van der Waals surface area contributed by atoms with Crippen LogP contribution in [0.4, 0.5) is 0 Å². The Hall–Kier alpha value is -3.04. The molecular formula is C43H54NOS+. The fourth-order valence-corrected chi connectivity index (χ4v) is 8.40. The number of nitrogens with zero attached hydrogens (tertiary/aromatic N) is 1. The zero-order chi connectivity index (χ0) is 31.9. The molecule has 3 aliphatic rings. The standard InChI is InChI=1S/C43H54NOS/c1-5-6-7-8-9-10-11-15-28-45-42-35(29-34-20-16-26-44-27-17-21-37(42)41(34)44)23-22-33-30-40(32-18-13-12-14-19-32)46-39-25-24-36(31-38(33)39)43(2,3)4/h12-14,18-19,22-25,29-31H,5-11,15-17,20-21,26-28H2,1-4H3/q+1/b33-22+,35-23+. The van der Waals surface area contributed by atoms with Crippen molar-refractivity contribution in [2.45, 2.75) is 115 Å². The average Bonchev–Trinajstić information content (AvgIpc) is 3.07. The molecule has 6 rings (SSSR count).